The molecule has 3 fully saturated rings. The lowest BCUT2D eigenvalue weighted by Crippen LogP contribution is -2.35. The van der Waals surface area contributed by atoms with E-state index < -0.39 is 6.10 Å². The molecule has 6 unspecified atom stereocenters. The maximum atomic E-state index is 13.1. The van der Waals surface area contributed by atoms with Gasteiger partial charge < -0.3 is 15.3 Å². The Morgan fingerprint density at radius 3 is 2.50 bits per heavy atom. The number of nitrogens with one attached hydrogen (secondary N) is 1. The van der Waals surface area contributed by atoms with Crippen LogP contribution in [0.5, 0.6) is 0 Å². The second kappa shape index (κ2) is 11.4. The highest BCUT2D eigenvalue weighted by atomic mass is 16.3. The Labute approximate surface area is 216 Å². The highest BCUT2D eigenvalue weighted by molar-refractivity contribution is 5.92. The molecule has 1 aliphatic carbocycles. The molecule has 2 N–H and O–H groups in total. The highest BCUT2D eigenvalue weighted by Gasteiger charge is 2.58. The van der Waals surface area contributed by atoms with Crippen LogP contribution >= 0.6 is 0 Å². The number of pyridine rings is 1. The van der Waals surface area contributed by atoms with Gasteiger partial charge in [0.05, 0.1) is 6.10 Å². The molecule has 1 aromatic heterocycles. The third kappa shape index (κ3) is 5.52. The molecule has 194 valence electrons. The molecule has 5 heteroatoms. The molecule has 3 aliphatic rings. The molecule has 1 amide bonds. The fourth-order valence-electron chi connectivity index (χ4n) is 7.06. The molecule has 2 aromatic rings. The fraction of sp³-hybridized carbons (Fsp3) is 0.613. The van der Waals surface area contributed by atoms with E-state index in [1.807, 2.05) is 47.5 Å². The van der Waals surface area contributed by atoms with E-state index in [0.29, 0.717) is 23.6 Å². The molecule has 5 nitrogen and oxygen atoms in total. The van der Waals surface area contributed by atoms with Gasteiger partial charge in [0.2, 0.25) is 0 Å². The average Bonchev–Trinajstić information content (AvgIpc) is 3.23. The number of carbonyl (C=O) groups is 1. The Morgan fingerprint density at radius 1 is 1.06 bits per heavy atom. The number of benzene rings is 1. The zero-order valence-corrected chi connectivity index (χ0v) is 22.0. The average molecular weight is 490 g/mol. The van der Waals surface area contributed by atoms with Gasteiger partial charge in [-0.2, -0.15) is 0 Å². The van der Waals surface area contributed by atoms with Crippen LogP contribution in [0.2, 0.25) is 0 Å². The number of aliphatic hydroxyl groups is 1. The van der Waals surface area contributed by atoms with Gasteiger partial charge in [0.15, 0.2) is 0 Å². The number of carbonyl (C=O) groups excluding carboxylic acids is 1. The number of nitrogens with zero attached hydrogens (tertiary/aromatic N) is 2. The van der Waals surface area contributed by atoms with Gasteiger partial charge in [-0.15, -0.1) is 0 Å². The van der Waals surface area contributed by atoms with Gasteiger partial charge in [-0.05, 0) is 60.1 Å². The highest BCUT2D eigenvalue weighted by Crippen LogP contribution is 2.57. The third-order valence-electron chi connectivity index (χ3n) is 9.00. The number of amides is 1. The molecule has 2 aliphatic heterocycles. The molecule has 1 saturated carbocycles. The standard InChI is InChI=1S/C31H43N3O2/c1-3-5-10-22(9-4-2)29-25-19-34(20-26(25)29)31(36)28-15-13-21(18-32-28)17-24-14-16-27(33-24)30(35)23-11-7-6-8-12-23/h6-8,11-13,15,18,22,24-27,29-30,33,35H,3-5,9-10,14,16-17,19-20H2,1-2H3. The van der Waals surface area contributed by atoms with E-state index in [0.717, 1.165) is 55.3 Å². The number of hydrogen-bond donors (Lipinski definition) is 2. The Kier molecular flexibility index (Phi) is 8.07. The smallest absolute Gasteiger partial charge is 0.272 e. The van der Waals surface area contributed by atoms with Crippen LogP contribution < -0.4 is 5.32 Å². The Morgan fingerprint density at radius 2 is 1.83 bits per heavy atom. The second-order valence-corrected chi connectivity index (χ2v) is 11.5. The molecule has 1 aromatic carbocycles. The second-order valence-electron chi connectivity index (χ2n) is 11.5. The first-order chi connectivity index (χ1) is 17.6. The molecular formula is C31H43N3O2. The number of aromatic nitrogens is 1. The summed E-state index contributed by atoms with van der Waals surface area (Å²) in [5, 5.41) is 14.3. The van der Waals surface area contributed by atoms with Gasteiger partial charge >= 0.3 is 0 Å². The van der Waals surface area contributed by atoms with Crippen LogP contribution in [0.25, 0.3) is 0 Å². The van der Waals surface area contributed by atoms with E-state index in [1.54, 1.807) is 0 Å². The van der Waals surface area contributed by atoms with Crippen LogP contribution in [0.3, 0.4) is 0 Å². The molecule has 6 atom stereocenters. The van der Waals surface area contributed by atoms with E-state index in [-0.39, 0.29) is 11.9 Å². The summed E-state index contributed by atoms with van der Waals surface area (Å²) in [4.78, 5) is 19.7. The minimum absolute atomic E-state index is 0.0792. The molecule has 0 bridgehead atoms. The Balaban J connectivity index is 1.10. The predicted octanol–water partition coefficient (Wildman–Crippen LogP) is 5.40. The molecule has 2 saturated heterocycles. The first kappa shape index (κ1) is 25.4. The van der Waals surface area contributed by atoms with Crippen molar-refractivity contribution >= 4 is 5.91 Å². The quantitative estimate of drug-likeness (QED) is 0.443. The summed E-state index contributed by atoms with van der Waals surface area (Å²) >= 11 is 0. The van der Waals surface area contributed by atoms with E-state index in [9.17, 15) is 9.90 Å². The monoisotopic (exact) mass is 489 g/mol. The summed E-state index contributed by atoms with van der Waals surface area (Å²) in [6.07, 6.45) is 10.8. The molecular weight excluding hydrogens is 446 g/mol. The lowest BCUT2D eigenvalue weighted by atomic mass is 9.90. The zero-order chi connectivity index (χ0) is 25.1. The van der Waals surface area contributed by atoms with Crippen molar-refractivity contribution in [2.75, 3.05) is 13.1 Å². The van der Waals surface area contributed by atoms with Crippen LogP contribution in [0, 0.1) is 23.7 Å². The van der Waals surface area contributed by atoms with Crippen LogP contribution in [0.4, 0.5) is 0 Å². The van der Waals surface area contributed by atoms with Crippen molar-refractivity contribution in [3.05, 3.63) is 65.5 Å². The summed E-state index contributed by atoms with van der Waals surface area (Å²) in [6, 6.07) is 14.3. The fourth-order valence-corrected chi connectivity index (χ4v) is 7.06. The normalized spacial score (nSPS) is 28.6. The third-order valence-corrected chi connectivity index (χ3v) is 9.00. The minimum atomic E-state index is -0.482. The molecule has 3 heterocycles. The van der Waals surface area contributed by atoms with E-state index in [2.05, 4.69) is 30.2 Å². The number of fused-ring (bicyclic) bond motifs is 1. The summed E-state index contributed by atoms with van der Waals surface area (Å²) in [7, 11) is 0. The molecule has 0 spiro atoms. The number of unbranched alkanes of at least 4 members (excludes halogenated alkanes) is 1. The van der Waals surface area contributed by atoms with Crippen LogP contribution in [0.1, 0.15) is 86.5 Å². The number of rotatable bonds is 11. The summed E-state index contributed by atoms with van der Waals surface area (Å²) in [6.45, 7) is 6.42. The van der Waals surface area contributed by atoms with Gasteiger partial charge in [0.25, 0.3) is 5.91 Å². The van der Waals surface area contributed by atoms with E-state index in [1.165, 1.54) is 32.1 Å². The van der Waals surface area contributed by atoms with Gasteiger partial charge in [0, 0.05) is 31.4 Å². The van der Waals surface area contributed by atoms with Gasteiger partial charge in [-0.3, -0.25) is 9.78 Å². The number of piperidine rings is 1. The molecule has 36 heavy (non-hydrogen) atoms. The SMILES string of the molecule is CCCCC(CCC)C1C2CN(C(=O)c3ccc(CC4CCC(C(O)c5ccccc5)N4)cn3)CC21. The van der Waals surface area contributed by atoms with Crippen molar-refractivity contribution in [2.45, 2.75) is 83.4 Å². The van der Waals surface area contributed by atoms with Gasteiger partial charge in [-0.1, -0.05) is 82.3 Å². The lowest BCUT2D eigenvalue weighted by molar-refractivity contribution is 0.0754. The molecule has 5 rings (SSSR count). The Hall–Kier alpha value is -2.24. The Bertz CT molecular complexity index is 983. The van der Waals surface area contributed by atoms with Crippen molar-refractivity contribution in [2.24, 2.45) is 23.7 Å². The first-order valence-electron chi connectivity index (χ1n) is 14.3. The van der Waals surface area contributed by atoms with Crippen LogP contribution in [-0.2, 0) is 6.42 Å². The van der Waals surface area contributed by atoms with Crippen molar-refractivity contribution in [3.8, 4) is 0 Å². The van der Waals surface area contributed by atoms with E-state index in [4.69, 9.17) is 0 Å². The van der Waals surface area contributed by atoms with Crippen LogP contribution in [0.15, 0.2) is 48.7 Å². The topological polar surface area (TPSA) is 65.5 Å². The summed E-state index contributed by atoms with van der Waals surface area (Å²) in [5.74, 6) is 3.23. The predicted molar refractivity (Wildman–Crippen MR) is 144 cm³/mol. The summed E-state index contributed by atoms with van der Waals surface area (Å²) in [5.41, 5.74) is 2.68. The largest absolute Gasteiger partial charge is 0.387 e. The van der Waals surface area contributed by atoms with Gasteiger partial charge in [0.1, 0.15) is 5.69 Å². The van der Waals surface area contributed by atoms with E-state index >= 15 is 0 Å². The molecule has 0 radical (unpaired) electrons. The van der Waals surface area contributed by atoms with Crippen molar-refractivity contribution in [1.29, 1.82) is 0 Å². The number of likely N-dealkylation sites (tertiary alicyclic amines) is 1. The maximum Gasteiger partial charge on any atom is 0.272 e. The van der Waals surface area contributed by atoms with Gasteiger partial charge in [-0.25, -0.2) is 0 Å². The number of hydrogen-bond acceptors (Lipinski definition) is 4. The van der Waals surface area contributed by atoms with Crippen molar-refractivity contribution in [1.82, 2.24) is 15.2 Å². The number of aliphatic hydroxyl groups excluding tert-OH is 1. The van der Waals surface area contributed by atoms with Crippen molar-refractivity contribution in [3.63, 3.8) is 0 Å². The summed E-state index contributed by atoms with van der Waals surface area (Å²) < 4.78 is 0. The maximum absolute atomic E-state index is 13.1. The first-order valence-corrected chi connectivity index (χ1v) is 14.3. The zero-order valence-electron chi connectivity index (χ0n) is 22.0. The van der Waals surface area contributed by atoms with Crippen LogP contribution in [-0.4, -0.2) is 46.1 Å². The lowest BCUT2D eigenvalue weighted by Gasteiger charge is -2.23. The van der Waals surface area contributed by atoms with Crippen molar-refractivity contribution < 1.29 is 9.90 Å². The minimum Gasteiger partial charge on any atom is -0.387 e.